The van der Waals surface area contributed by atoms with Crippen molar-refractivity contribution < 1.29 is 23.2 Å². The predicted octanol–water partition coefficient (Wildman–Crippen LogP) is 3.54. The van der Waals surface area contributed by atoms with Gasteiger partial charge in [-0.1, -0.05) is 30.3 Å². The van der Waals surface area contributed by atoms with Crippen molar-refractivity contribution in [1.29, 1.82) is 0 Å². The Balaban J connectivity index is 2.28. The van der Waals surface area contributed by atoms with Crippen LogP contribution in [-0.4, -0.2) is 23.3 Å². The first-order valence-corrected chi connectivity index (χ1v) is 7.03. The van der Waals surface area contributed by atoms with E-state index in [0.29, 0.717) is 0 Å². The Hall–Kier alpha value is -2.61. The fraction of sp³-hybridized carbons (Fsp3) is 0.250. The van der Waals surface area contributed by atoms with E-state index < -0.39 is 34.0 Å². The van der Waals surface area contributed by atoms with Crippen molar-refractivity contribution >= 4 is 11.4 Å². The van der Waals surface area contributed by atoms with Gasteiger partial charge in [-0.15, -0.1) is 0 Å². The van der Waals surface area contributed by atoms with Gasteiger partial charge in [-0.05, 0) is 11.6 Å². The zero-order valence-electron chi connectivity index (χ0n) is 12.5. The van der Waals surface area contributed by atoms with E-state index in [1.165, 1.54) is 30.1 Å². The first-order chi connectivity index (χ1) is 11.2. The summed E-state index contributed by atoms with van der Waals surface area (Å²) in [5.41, 5.74) is -3.89. The molecule has 1 aliphatic rings. The van der Waals surface area contributed by atoms with E-state index in [1.807, 2.05) is 0 Å². The molecule has 24 heavy (non-hydrogen) atoms. The molecule has 8 heteroatoms. The number of hydrogen-bond acceptors (Lipinski definition) is 4. The fourth-order valence-corrected chi connectivity index (χ4v) is 3.22. The molecular formula is C16H13F3N2O3. The molecule has 0 saturated heterocycles. The number of halogens is 3. The summed E-state index contributed by atoms with van der Waals surface area (Å²) in [6.45, 7) is 0. The molecule has 0 radical (unpaired) electrons. The highest BCUT2D eigenvalue weighted by atomic mass is 19.4. The largest absolute Gasteiger partial charge is 0.423 e. The Morgan fingerprint density at radius 3 is 2.38 bits per heavy atom. The quantitative estimate of drug-likeness (QED) is 0.672. The zero-order valence-corrected chi connectivity index (χ0v) is 12.5. The first-order valence-electron chi connectivity index (χ1n) is 7.03. The number of aliphatic hydroxyl groups is 1. The molecule has 0 bridgehead atoms. The number of likely N-dealkylation sites (N-methyl/N-ethyl adjacent to an activating group) is 1. The molecule has 2 aromatic carbocycles. The Labute approximate surface area is 135 Å². The number of nitro groups is 1. The molecule has 3 rings (SSSR count). The lowest BCUT2D eigenvalue weighted by atomic mass is 9.84. The van der Waals surface area contributed by atoms with Crippen LogP contribution in [0.25, 0.3) is 0 Å². The first kappa shape index (κ1) is 16.3. The third-order valence-corrected chi connectivity index (χ3v) is 4.31. The maximum absolute atomic E-state index is 13.8. The Bertz CT molecular complexity index is 795. The van der Waals surface area contributed by atoms with Crippen LogP contribution in [0.15, 0.2) is 48.5 Å². The summed E-state index contributed by atoms with van der Waals surface area (Å²) in [6, 6.07) is 9.49. The summed E-state index contributed by atoms with van der Waals surface area (Å²) in [7, 11) is 1.42. The molecule has 0 saturated carbocycles. The van der Waals surface area contributed by atoms with Crippen molar-refractivity contribution in [2.45, 2.75) is 17.8 Å². The van der Waals surface area contributed by atoms with E-state index in [1.54, 1.807) is 18.2 Å². The molecule has 5 nitrogen and oxygen atoms in total. The Morgan fingerprint density at radius 2 is 1.83 bits per heavy atom. The van der Waals surface area contributed by atoms with Crippen molar-refractivity contribution in [2.75, 3.05) is 11.9 Å². The number of hydrogen-bond donors (Lipinski definition) is 1. The molecule has 0 aromatic heterocycles. The summed E-state index contributed by atoms with van der Waals surface area (Å²) >= 11 is 0. The molecule has 1 aliphatic heterocycles. The standard InChI is InChI=1S/C16H13F3N2O3/c1-20-13-8-7-11(21(23)24)9-12(13)15(22,16(17,18)19)14(20)10-5-3-2-4-6-10/h2-9,14,22H,1H3. The van der Waals surface area contributed by atoms with Crippen molar-refractivity contribution in [3.63, 3.8) is 0 Å². The van der Waals surface area contributed by atoms with E-state index in [-0.39, 0.29) is 11.3 Å². The van der Waals surface area contributed by atoms with Gasteiger partial charge in [0.2, 0.25) is 5.60 Å². The predicted molar refractivity (Wildman–Crippen MR) is 80.6 cm³/mol. The lowest BCUT2D eigenvalue weighted by Gasteiger charge is -2.35. The monoisotopic (exact) mass is 338 g/mol. The Kier molecular flexibility index (Phi) is 3.52. The van der Waals surface area contributed by atoms with Gasteiger partial charge in [0.05, 0.1) is 11.0 Å². The second-order valence-corrected chi connectivity index (χ2v) is 5.65. The van der Waals surface area contributed by atoms with Crippen molar-refractivity contribution in [2.24, 2.45) is 0 Å². The third-order valence-electron chi connectivity index (χ3n) is 4.31. The molecular weight excluding hydrogens is 325 g/mol. The number of rotatable bonds is 2. The van der Waals surface area contributed by atoms with Crippen LogP contribution in [0.1, 0.15) is 17.2 Å². The van der Waals surface area contributed by atoms with E-state index in [2.05, 4.69) is 0 Å². The molecule has 126 valence electrons. The molecule has 2 unspecified atom stereocenters. The van der Waals surface area contributed by atoms with Crippen LogP contribution in [0.3, 0.4) is 0 Å². The second kappa shape index (κ2) is 5.20. The molecule has 2 atom stereocenters. The van der Waals surface area contributed by atoms with Crippen molar-refractivity contribution in [1.82, 2.24) is 0 Å². The Morgan fingerprint density at radius 1 is 1.21 bits per heavy atom. The van der Waals surface area contributed by atoms with Gasteiger partial charge < -0.3 is 10.0 Å². The second-order valence-electron chi connectivity index (χ2n) is 5.65. The molecule has 1 N–H and O–H groups in total. The molecule has 0 amide bonds. The molecule has 1 heterocycles. The van der Waals surface area contributed by atoms with Crippen LogP contribution in [0, 0.1) is 10.1 Å². The van der Waals surface area contributed by atoms with E-state index >= 15 is 0 Å². The summed E-state index contributed by atoms with van der Waals surface area (Å²) < 4.78 is 41.5. The van der Waals surface area contributed by atoms with Gasteiger partial charge in [-0.2, -0.15) is 13.2 Å². The highest BCUT2D eigenvalue weighted by molar-refractivity contribution is 5.67. The van der Waals surface area contributed by atoms with E-state index in [0.717, 1.165) is 12.1 Å². The van der Waals surface area contributed by atoms with E-state index in [9.17, 15) is 28.4 Å². The highest BCUT2D eigenvalue weighted by Crippen LogP contribution is 2.58. The zero-order chi connectivity index (χ0) is 17.7. The number of nitrogens with zero attached hydrogens (tertiary/aromatic N) is 2. The summed E-state index contributed by atoms with van der Waals surface area (Å²) in [5.74, 6) is 0. The van der Waals surface area contributed by atoms with Gasteiger partial charge in [0, 0.05) is 30.4 Å². The van der Waals surface area contributed by atoms with Crippen LogP contribution < -0.4 is 4.90 Å². The lowest BCUT2D eigenvalue weighted by molar-refractivity contribution is -0.385. The molecule has 0 spiro atoms. The van der Waals surface area contributed by atoms with Crippen LogP contribution in [0.4, 0.5) is 24.5 Å². The van der Waals surface area contributed by atoms with Crippen molar-refractivity contribution in [3.05, 3.63) is 69.8 Å². The SMILES string of the molecule is CN1c2ccc([N+](=O)[O-])cc2C(O)(C(F)(F)F)C1c1ccccc1. The maximum atomic E-state index is 13.8. The number of fused-ring (bicyclic) bond motifs is 1. The van der Waals surface area contributed by atoms with Gasteiger partial charge in [-0.25, -0.2) is 0 Å². The number of anilines is 1. The molecule has 0 aliphatic carbocycles. The van der Waals surface area contributed by atoms with Gasteiger partial charge in [-0.3, -0.25) is 10.1 Å². The molecule has 0 fully saturated rings. The van der Waals surface area contributed by atoms with Crippen LogP contribution in [-0.2, 0) is 5.60 Å². The maximum Gasteiger partial charge on any atom is 0.423 e. The number of benzene rings is 2. The highest BCUT2D eigenvalue weighted by Gasteiger charge is 2.66. The molecule has 2 aromatic rings. The van der Waals surface area contributed by atoms with Gasteiger partial charge in [0.25, 0.3) is 5.69 Å². The fourth-order valence-electron chi connectivity index (χ4n) is 3.22. The van der Waals surface area contributed by atoms with Crippen molar-refractivity contribution in [3.8, 4) is 0 Å². The topological polar surface area (TPSA) is 66.6 Å². The summed E-state index contributed by atoms with van der Waals surface area (Å²) in [6.07, 6.45) is -5.01. The van der Waals surface area contributed by atoms with Gasteiger partial charge in [0.1, 0.15) is 0 Å². The van der Waals surface area contributed by atoms with Crippen LogP contribution >= 0.6 is 0 Å². The summed E-state index contributed by atoms with van der Waals surface area (Å²) in [5, 5.41) is 21.6. The van der Waals surface area contributed by atoms with Crippen LogP contribution in [0.2, 0.25) is 0 Å². The number of nitro benzene ring substituents is 1. The number of alkyl halides is 3. The lowest BCUT2D eigenvalue weighted by Crippen LogP contribution is -2.47. The minimum absolute atomic E-state index is 0.106. The third kappa shape index (κ3) is 2.14. The normalized spacial score (nSPS) is 23.2. The average molecular weight is 338 g/mol. The van der Waals surface area contributed by atoms with E-state index in [4.69, 9.17) is 0 Å². The van der Waals surface area contributed by atoms with Gasteiger partial charge >= 0.3 is 6.18 Å². The average Bonchev–Trinajstić information content (AvgIpc) is 2.76. The number of non-ortho nitro benzene ring substituents is 1. The summed E-state index contributed by atoms with van der Waals surface area (Å²) in [4.78, 5) is 11.4. The smallest absolute Gasteiger partial charge is 0.374 e. The minimum atomic E-state index is -5.01. The minimum Gasteiger partial charge on any atom is -0.374 e. The van der Waals surface area contributed by atoms with Gasteiger partial charge in [0.15, 0.2) is 0 Å². The van der Waals surface area contributed by atoms with Crippen LogP contribution in [0.5, 0.6) is 0 Å².